The number of rotatable bonds is 6. The molecule has 4 heteroatoms. The van der Waals surface area contributed by atoms with Gasteiger partial charge < -0.3 is 4.74 Å². The number of nitrogens with zero attached hydrogens (tertiary/aromatic N) is 1. The fraction of sp³-hybridized carbons (Fsp3) is 0.333. The van der Waals surface area contributed by atoms with E-state index in [2.05, 4.69) is 6.58 Å². The Balaban J connectivity index is 2.94. The summed E-state index contributed by atoms with van der Waals surface area (Å²) in [6.07, 6.45) is 2.25. The first-order valence-corrected chi connectivity index (χ1v) is 5.16. The van der Waals surface area contributed by atoms with E-state index in [4.69, 9.17) is 4.74 Å². The van der Waals surface area contributed by atoms with Crippen molar-refractivity contribution in [2.75, 3.05) is 6.61 Å². The van der Waals surface area contributed by atoms with Gasteiger partial charge in [-0.2, -0.15) is 0 Å². The second kappa shape index (κ2) is 6.02. The molecule has 0 bridgehead atoms. The van der Waals surface area contributed by atoms with Gasteiger partial charge in [0, 0.05) is 18.7 Å². The number of hydrogen-bond acceptors (Lipinski definition) is 3. The van der Waals surface area contributed by atoms with Crippen molar-refractivity contribution < 1.29 is 9.66 Å². The zero-order valence-electron chi connectivity index (χ0n) is 9.26. The molecule has 0 saturated heterocycles. The normalized spacial score (nSPS) is 12.1. The van der Waals surface area contributed by atoms with Gasteiger partial charge in [0.05, 0.1) is 11.0 Å². The molecular weight excluding hydrogens is 206 g/mol. The molecule has 1 aromatic rings. The summed E-state index contributed by atoms with van der Waals surface area (Å²) in [7, 11) is 0. The standard InChI is InChI=1S/C12H15NO3/c1-3-6-12(16-4-2)10-7-5-8-11(9-10)13(14)15/h3,5,7-9,12H,1,4,6H2,2H3/t12-/m1/s1. The molecule has 86 valence electrons. The van der Waals surface area contributed by atoms with Crippen LogP contribution in [0.4, 0.5) is 5.69 Å². The Hall–Kier alpha value is -1.68. The van der Waals surface area contributed by atoms with E-state index in [0.29, 0.717) is 13.0 Å². The van der Waals surface area contributed by atoms with E-state index in [9.17, 15) is 10.1 Å². The van der Waals surface area contributed by atoms with Crippen molar-refractivity contribution in [2.45, 2.75) is 19.4 Å². The summed E-state index contributed by atoms with van der Waals surface area (Å²) >= 11 is 0. The van der Waals surface area contributed by atoms with Gasteiger partial charge in [-0.1, -0.05) is 18.2 Å². The van der Waals surface area contributed by atoms with E-state index in [-0.39, 0.29) is 11.8 Å². The van der Waals surface area contributed by atoms with Crippen molar-refractivity contribution in [3.63, 3.8) is 0 Å². The molecule has 4 nitrogen and oxygen atoms in total. The summed E-state index contributed by atoms with van der Waals surface area (Å²) in [6.45, 7) is 6.12. The van der Waals surface area contributed by atoms with Crippen molar-refractivity contribution in [2.24, 2.45) is 0 Å². The molecule has 0 heterocycles. The molecule has 0 aliphatic heterocycles. The molecule has 0 N–H and O–H groups in total. The van der Waals surface area contributed by atoms with Crippen LogP contribution in [0.1, 0.15) is 25.0 Å². The number of ether oxygens (including phenoxy) is 1. The fourth-order valence-corrected chi connectivity index (χ4v) is 1.49. The number of nitro groups is 1. The van der Waals surface area contributed by atoms with Gasteiger partial charge >= 0.3 is 0 Å². The third-order valence-corrected chi connectivity index (χ3v) is 2.20. The Morgan fingerprint density at radius 1 is 1.62 bits per heavy atom. The predicted octanol–water partition coefficient (Wildman–Crippen LogP) is 3.25. The van der Waals surface area contributed by atoms with E-state index < -0.39 is 4.92 Å². The van der Waals surface area contributed by atoms with Gasteiger partial charge in [0.1, 0.15) is 0 Å². The Morgan fingerprint density at radius 2 is 2.38 bits per heavy atom. The third kappa shape index (κ3) is 3.17. The highest BCUT2D eigenvalue weighted by Gasteiger charge is 2.13. The molecule has 0 saturated carbocycles. The second-order valence-electron chi connectivity index (χ2n) is 3.32. The molecule has 1 atom stereocenters. The van der Waals surface area contributed by atoms with E-state index in [0.717, 1.165) is 5.56 Å². The molecule has 0 unspecified atom stereocenters. The molecule has 0 aromatic heterocycles. The lowest BCUT2D eigenvalue weighted by Crippen LogP contribution is -2.03. The van der Waals surface area contributed by atoms with Gasteiger partial charge in [0.25, 0.3) is 5.69 Å². The van der Waals surface area contributed by atoms with Crippen molar-refractivity contribution in [1.29, 1.82) is 0 Å². The number of hydrogen-bond donors (Lipinski definition) is 0. The summed E-state index contributed by atoms with van der Waals surface area (Å²) in [6, 6.07) is 6.52. The lowest BCUT2D eigenvalue weighted by molar-refractivity contribution is -0.385. The molecule has 0 fully saturated rings. The Labute approximate surface area is 94.7 Å². The Kier molecular flexibility index (Phi) is 4.66. The number of non-ortho nitro benzene ring substituents is 1. The number of nitro benzene ring substituents is 1. The lowest BCUT2D eigenvalue weighted by atomic mass is 10.1. The average molecular weight is 221 g/mol. The van der Waals surface area contributed by atoms with Crippen molar-refractivity contribution in [1.82, 2.24) is 0 Å². The molecule has 0 radical (unpaired) electrons. The third-order valence-electron chi connectivity index (χ3n) is 2.20. The molecule has 16 heavy (non-hydrogen) atoms. The lowest BCUT2D eigenvalue weighted by Gasteiger charge is -2.15. The second-order valence-corrected chi connectivity index (χ2v) is 3.32. The van der Waals surface area contributed by atoms with Crippen LogP contribution in [0, 0.1) is 10.1 Å². The topological polar surface area (TPSA) is 52.4 Å². The van der Waals surface area contributed by atoms with Crippen LogP contribution in [-0.2, 0) is 4.74 Å². The first-order valence-electron chi connectivity index (χ1n) is 5.16. The van der Waals surface area contributed by atoms with Crippen LogP contribution in [-0.4, -0.2) is 11.5 Å². The van der Waals surface area contributed by atoms with E-state index in [1.54, 1.807) is 18.2 Å². The van der Waals surface area contributed by atoms with Gasteiger partial charge in [-0.25, -0.2) is 0 Å². The molecule has 0 aliphatic rings. The van der Waals surface area contributed by atoms with Crippen LogP contribution in [0.5, 0.6) is 0 Å². The average Bonchev–Trinajstić information content (AvgIpc) is 2.29. The minimum atomic E-state index is -0.402. The van der Waals surface area contributed by atoms with Gasteiger partial charge in [-0.05, 0) is 18.9 Å². The molecular formula is C12H15NO3. The highest BCUT2D eigenvalue weighted by molar-refractivity contribution is 5.35. The van der Waals surface area contributed by atoms with Crippen LogP contribution in [0.2, 0.25) is 0 Å². The summed E-state index contributed by atoms with van der Waals surface area (Å²) in [4.78, 5) is 10.2. The van der Waals surface area contributed by atoms with Crippen LogP contribution in [0.15, 0.2) is 36.9 Å². The van der Waals surface area contributed by atoms with Gasteiger partial charge in [0.15, 0.2) is 0 Å². The van der Waals surface area contributed by atoms with Crippen LogP contribution < -0.4 is 0 Å². The Morgan fingerprint density at radius 3 is 2.94 bits per heavy atom. The van der Waals surface area contributed by atoms with E-state index in [1.165, 1.54) is 6.07 Å². The summed E-state index contributed by atoms with van der Waals surface area (Å²) in [5, 5.41) is 10.6. The largest absolute Gasteiger partial charge is 0.373 e. The molecule has 0 spiro atoms. The molecule has 1 rings (SSSR count). The monoisotopic (exact) mass is 221 g/mol. The molecule has 0 aliphatic carbocycles. The minimum absolute atomic E-state index is 0.0891. The predicted molar refractivity (Wildman–Crippen MR) is 62.3 cm³/mol. The summed E-state index contributed by atoms with van der Waals surface area (Å²) in [5.74, 6) is 0. The maximum absolute atomic E-state index is 10.6. The van der Waals surface area contributed by atoms with Crippen molar-refractivity contribution >= 4 is 5.69 Å². The smallest absolute Gasteiger partial charge is 0.269 e. The maximum Gasteiger partial charge on any atom is 0.269 e. The first-order chi connectivity index (χ1) is 7.69. The van der Waals surface area contributed by atoms with Crippen LogP contribution in [0.3, 0.4) is 0 Å². The molecule has 0 amide bonds. The number of benzene rings is 1. The van der Waals surface area contributed by atoms with Crippen molar-refractivity contribution in [3.8, 4) is 0 Å². The first kappa shape index (κ1) is 12.4. The Bertz CT molecular complexity index is 376. The highest BCUT2D eigenvalue weighted by atomic mass is 16.6. The quantitative estimate of drug-likeness (QED) is 0.421. The van der Waals surface area contributed by atoms with E-state index in [1.807, 2.05) is 13.0 Å². The highest BCUT2D eigenvalue weighted by Crippen LogP contribution is 2.24. The van der Waals surface area contributed by atoms with Gasteiger partial charge in [-0.3, -0.25) is 10.1 Å². The zero-order chi connectivity index (χ0) is 12.0. The van der Waals surface area contributed by atoms with Crippen molar-refractivity contribution in [3.05, 3.63) is 52.6 Å². The van der Waals surface area contributed by atoms with Crippen LogP contribution in [0.25, 0.3) is 0 Å². The van der Waals surface area contributed by atoms with Gasteiger partial charge in [-0.15, -0.1) is 6.58 Å². The maximum atomic E-state index is 10.6. The summed E-state index contributed by atoms with van der Waals surface area (Å²) < 4.78 is 5.51. The van der Waals surface area contributed by atoms with E-state index >= 15 is 0 Å². The minimum Gasteiger partial charge on any atom is -0.373 e. The zero-order valence-corrected chi connectivity index (χ0v) is 9.26. The SMILES string of the molecule is C=CC[C@@H](OCC)c1cccc([N+](=O)[O-])c1. The summed E-state index contributed by atoms with van der Waals surface area (Å²) in [5.41, 5.74) is 0.905. The fourth-order valence-electron chi connectivity index (χ4n) is 1.49. The molecule has 1 aromatic carbocycles. The van der Waals surface area contributed by atoms with Crippen LogP contribution >= 0.6 is 0 Å². The van der Waals surface area contributed by atoms with Gasteiger partial charge in [0.2, 0.25) is 0 Å².